The highest BCUT2D eigenvalue weighted by atomic mass is 16.5. The Morgan fingerprint density at radius 3 is 2.75 bits per heavy atom. The van der Waals surface area contributed by atoms with Gasteiger partial charge in [-0.2, -0.15) is 0 Å². The quantitative estimate of drug-likeness (QED) is 0.861. The van der Waals surface area contributed by atoms with Gasteiger partial charge in [-0.15, -0.1) is 0 Å². The fraction of sp³-hybridized carbons (Fsp3) is 0.529. The van der Waals surface area contributed by atoms with Gasteiger partial charge < -0.3 is 14.6 Å². The van der Waals surface area contributed by atoms with Gasteiger partial charge >= 0.3 is 0 Å². The molecule has 2 aliphatic rings. The summed E-state index contributed by atoms with van der Waals surface area (Å²) >= 11 is 0. The van der Waals surface area contributed by atoms with Gasteiger partial charge in [0.1, 0.15) is 5.75 Å². The first-order valence-corrected chi connectivity index (χ1v) is 7.20. The number of aliphatic hydroxyl groups excluding tert-OH is 1. The van der Waals surface area contributed by atoms with Crippen molar-refractivity contribution in [2.45, 2.75) is 25.9 Å². The molecule has 0 amide bonds. The number of methoxy groups -OCH3 is 1. The Balaban J connectivity index is 1.87. The molecule has 0 aromatic heterocycles. The fourth-order valence-electron chi connectivity index (χ4n) is 3.38. The third-order valence-electron chi connectivity index (χ3n) is 4.81. The van der Waals surface area contributed by atoms with Crippen LogP contribution in [0.3, 0.4) is 0 Å². The van der Waals surface area contributed by atoms with E-state index in [0.29, 0.717) is 12.5 Å². The summed E-state index contributed by atoms with van der Waals surface area (Å²) in [6.07, 6.45) is 4.32. The molecule has 3 nitrogen and oxygen atoms in total. The van der Waals surface area contributed by atoms with Crippen LogP contribution in [-0.2, 0) is 4.74 Å². The second kappa shape index (κ2) is 5.23. The minimum absolute atomic E-state index is 0.0624. The molecule has 0 saturated carbocycles. The molecule has 0 radical (unpaired) electrons. The first-order chi connectivity index (χ1) is 9.67. The zero-order valence-corrected chi connectivity index (χ0v) is 12.1. The summed E-state index contributed by atoms with van der Waals surface area (Å²) in [5.74, 6) is 1.24. The second-order valence-corrected chi connectivity index (χ2v) is 6.13. The van der Waals surface area contributed by atoms with Crippen LogP contribution in [0.4, 0.5) is 0 Å². The second-order valence-electron chi connectivity index (χ2n) is 6.13. The first kappa shape index (κ1) is 13.7. The van der Waals surface area contributed by atoms with Crippen molar-refractivity contribution in [1.82, 2.24) is 0 Å². The van der Waals surface area contributed by atoms with Crippen LogP contribution in [0.15, 0.2) is 35.9 Å². The zero-order valence-electron chi connectivity index (χ0n) is 12.1. The van der Waals surface area contributed by atoms with Gasteiger partial charge in [-0.1, -0.05) is 23.8 Å². The Hall–Kier alpha value is -1.32. The molecule has 3 atom stereocenters. The summed E-state index contributed by atoms with van der Waals surface area (Å²) in [7, 11) is 1.68. The highest BCUT2D eigenvalue weighted by Crippen LogP contribution is 2.50. The van der Waals surface area contributed by atoms with Gasteiger partial charge in [0.05, 0.1) is 26.4 Å². The molecule has 1 N–H and O–H groups in total. The number of aliphatic hydroxyl groups is 1. The fourth-order valence-corrected chi connectivity index (χ4v) is 3.38. The highest BCUT2D eigenvalue weighted by Gasteiger charge is 2.44. The smallest absolute Gasteiger partial charge is 0.118 e. The van der Waals surface area contributed by atoms with E-state index < -0.39 is 0 Å². The van der Waals surface area contributed by atoms with Gasteiger partial charge in [-0.25, -0.2) is 0 Å². The lowest BCUT2D eigenvalue weighted by molar-refractivity contribution is -0.113. The zero-order chi connectivity index (χ0) is 14.2. The van der Waals surface area contributed by atoms with Crippen molar-refractivity contribution in [3.8, 4) is 5.75 Å². The summed E-state index contributed by atoms with van der Waals surface area (Å²) in [5.41, 5.74) is 2.51. The average molecular weight is 274 g/mol. The molecule has 1 saturated heterocycles. The van der Waals surface area contributed by atoms with Crippen molar-refractivity contribution >= 4 is 0 Å². The van der Waals surface area contributed by atoms with Crippen molar-refractivity contribution in [3.05, 3.63) is 41.5 Å². The van der Waals surface area contributed by atoms with E-state index in [1.165, 1.54) is 11.1 Å². The number of benzene rings is 1. The summed E-state index contributed by atoms with van der Waals surface area (Å²) in [6, 6.07) is 8.12. The summed E-state index contributed by atoms with van der Waals surface area (Å²) in [5, 5.41) is 9.68. The molecule has 1 aliphatic heterocycles. The van der Waals surface area contributed by atoms with Crippen LogP contribution in [0, 0.1) is 11.3 Å². The lowest BCUT2D eigenvalue weighted by Crippen LogP contribution is -2.43. The van der Waals surface area contributed by atoms with Gasteiger partial charge in [0, 0.05) is 11.3 Å². The molecule has 1 fully saturated rings. The number of allylic oxidation sites excluding steroid dienone is 1. The van der Waals surface area contributed by atoms with E-state index in [-0.39, 0.29) is 18.1 Å². The van der Waals surface area contributed by atoms with Gasteiger partial charge in [-0.3, -0.25) is 0 Å². The van der Waals surface area contributed by atoms with Crippen molar-refractivity contribution in [2.75, 3.05) is 20.3 Å². The van der Waals surface area contributed by atoms with Crippen LogP contribution in [0.5, 0.6) is 5.75 Å². The Bertz CT molecular complexity index is 505. The average Bonchev–Trinajstić information content (AvgIpc) is 2.52. The Morgan fingerprint density at radius 1 is 1.35 bits per heavy atom. The number of hydrogen-bond donors (Lipinski definition) is 1. The molecule has 108 valence electrons. The monoisotopic (exact) mass is 274 g/mol. The predicted molar refractivity (Wildman–Crippen MR) is 77.7 cm³/mol. The Labute approximate surface area is 120 Å². The van der Waals surface area contributed by atoms with Crippen LogP contribution in [-0.4, -0.2) is 25.4 Å². The maximum atomic E-state index is 9.68. The Kier molecular flexibility index (Phi) is 3.57. The van der Waals surface area contributed by atoms with Crippen LogP contribution in [0.1, 0.15) is 31.4 Å². The molecular formula is C17H22O3. The van der Waals surface area contributed by atoms with Crippen molar-refractivity contribution < 1.29 is 14.6 Å². The summed E-state index contributed by atoms with van der Waals surface area (Å²) in [6.45, 7) is 3.03. The molecule has 3 rings (SSSR count). The number of ether oxygens (including phenoxy) is 2. The highest BCUT2D eigenvalue weighted by molar-refractivity contribution is 5.31. The molecule has 3 heteroatoms. The molecule has 1 unspecified atom stereocenters. The first-order valence-electron chi connectivity index (χ1n) is 7.20. The van der Waals surface area contributed by atoms with Gasteiger partial charge in [0.2, 0.25) is 0 Å². The van der Waals surface area contributed by atoms with E-state index in [0.717, 1.165) is 18.6 Å². The summed E-state index contributed by atoms with van der Waals surface area (Å²) in [4.78, 5) is 0. The summed E-state index contributed by atoms with van der Waals surface area (Å²) < 4.78 is 11.3. The Morgan fingerprint density at radius 2 is 2.10 bits per heavy atom. The van der Waals surface area contributed by atoms with Crippen LogP contribution in [0.25, 0.3) is 0 Å². The molecule has 20 heavy (non-hydrogen) atoms. The maximum Gasteiger partial charge on any atom is 0.118 e. The third kappa shape index (κ3) is 2.25. The van der Waals surface area contributed by atoms with Crippen LogP contribution < -0.4 is 4.74 Å². The van der Waals surface area contributed by atoms with E-state index in [2.05, 4.69) is 25.1 Å². The molecule has 1 aromatic rings. The molecule has 1 aliphatic carbocycles. The minimum atomic E-state index is -0.0624. The SMILES string of the molecule is COc1ccc(C2OC[C@]3(CO)CC=C(C)[C@H]2C3)cc1. The number of fused-ring (bicyclic) bond motifs is 2. The third-order valence-corrected chi connectivity index (χ3v) is 4.81. The van der Waals surface area contributed by atoms with Crippen LogP contribution in [0.2, 0.25) is 0 Å². The van der Waals surface area contributed by atoms with Gasteiger partial charge in [0.25, 0.3) is 0 Å². The predicted octanol–water partition coefficient (Wildman–Crippen LogP) is 3.10. The standard InChI is InChI=1S/C17H22O3/c1-12-7-8-17(10-18)9-15(12)16(20-11-17)13-3-5-14(19-2)6-4-13/h3-7,15-16,18H,8-11H2,1-2H3/t15-,16?,17-/m1/s1. The normalized spacial score (nSPS) is 32.6. The number of rotatable bonds is 3. The van der Waals surface area contributed by atoms with Crippen molar-refractivity contribution in [1.29, 1.82) is 0 Å². The van der Waals surface area contributed by atoms with Gasteiger partial charge in [-0.05, 0) is 37.5 Å². The van der Waals surface area contributed by atoms with Crippen molar-refractivity contribution in [2.24, 2.45) is 11.3 Å². The van der Waals surface area contributed by atoms with E-state index in [1.807, 2.05) is 12.1 Å². The van der Waals surface area contributed by atoms with Gasteiger partial charge in [0.15, 0.2) is 0 Å². The van der Waals surface area contributed by atoms with E-state index >= 15 is 0 Å². The molecular weight excluding hydrogens is 252 g/mol. The van der Waals surface area contributed by atoms with Crippen LogP contribution >= 0.6 is 0 Å². The minimum Gasteiger partial charge on any atom is -0.497 e. The topological polar surface area (TPSA) is 38.7 Å². The van der Waals surface area contributed by atoms with E-state index in [4.69, 9.17) is 9.47 Å². The molecule has 1 aromatic carbocycles. The molecule has 0 spiro atoms. The molecule has 2 bridgehead atoms. The maximum absolute atomic E-state index is 9.68. The molecule has 1 heterocycles. The number of hydrogen-bond acceptors (Lipinski definition) is 3. The van der Waals surface area contributed by atoms with Crippen molar-refractivity contribution in [3.63, 3.8) is 0 Å². The van der Waals surface area contributed by atoms with E-state index in [1.54, 1.807) is 7.11 Å². The largest absolute Gasteiger partial charge is 0.497 e. The van der Waals surface area contributed by atoms with E-state index in [9.17, 15) is 5.11 Å². The lowest BCUT2D eigenvalue weighted by Gasteiger charge is -2.47. The lowest BCUT2D eigenvalue weighted by atomic mass is 9.67.